The minimum atomic E-state index is -0.316. The summed E-state index contributed by atoms with van der Waals surface area (Å²) >= 11 is 0. The highest BCUT2D eigenvalue weighted by molar-refractivity contribution is 5.82. The van der Waals surface area contributed by atoms with E-state index in [-0.39, 0.29) is 5.97 Å². The monoisotopic (exact) mass is 465 g/mol. The number of nitrogens with two attached hydrogens (primary N) is 1. The van der Waals surface area contributed by atoms with E-state index in [1.807, 2.05) is 0 Å². The number of carbonyl (C=O) groups excluding carboxylic acids is 1. The second-order valence-corrected chi connectivity index (χ2v) is 10.2. The molecule has 3 heteroatoms. The van der Waals surface area contributed by atoms with Gasteiger partial charge in [-0.3, -0.25) is 0 Å². The van der Waals surface area contributed by atoms with E-state index in [2.05, 4.69) is 6.92 Å². The molecule has 0 amide bonds. The molecule has 0 atom stereocenters. The quantitative estimate of drug-likeness (QED) is 0.0785. The van der Waals surface area contributed by atoms with Crippen LogP contribution in [-0.4, -0.2) is 12.6 Å². The molecule has 0 bridgehead atoms. The number of hydrogen-bond acceptors (Lipinski definition) is 3. The van der Waals surface area contributed by atoms with E-state index in [0.717, 1.165) is 12.8 Å². The Balaban J connectivity index is 3.08. The average molecular weight is 466 g/mol. The fourth-order valence-electron chi connectivity index (χ4n) is 4.46. The van der Waals surface area contributed by atoms with E-state index < -0.39 is 0 Å². The highest BCUT2D eigenvalue weighted by atomic mass is 16.5. The first-order valence-corrected chi connectivity index (χ1v) is 14.8. The van der Waals surface area contributed by atoms with Crippen LogP contribution in [0, 0.1) is 0 Å². The molecular formula is C30H59NO2. The standard InChI is InChI=1S/C30H59NO2/c1-3-4-5-6-7-8-9-10-11-12-13-14-15-16-17-18-19-20-21-22-23-24-25-26-27-33-30(32)28-29(2)31/h28H,3-27,31H2,1-2H3/b29-28-. The van der Waals surface area contributed by atoms with Crippen LogP contribution in [0.2, 0.25) is 0 Å². The zero-order valence-corrected chi connectivity index (χ0v) is 22.6. The Labute approximate surface area is 207 Å². The van der Waals surface area contributed by atoms with Crippen molar-refractivity contribution in [3.05, 3.63) is 11.8 Å². The molecule has 0 saturated carbocycles. The molecule has 0 radical (unpaired) electrons. The molecule has 3 nitrogen and oxygen atoms in total. The maximum atomic E-state index is 11.3. The van der Waals surface area contributed by atoms with Crippen molar-refractivity contribution < 1.29 is 9.53 Å². The molecule has 0 heterocycles. The molecule has 0 rings (SSSR count). The van der Waals surface area contributed by atoms with Gasteiger partial charge in [-0.1, -0.05) is 155 Å². The highest BCUT2D eigenvalue weighted by Gasteiger charge is 1.99. The number of allylic oxidation sites excluding steroid dienone is 1. The molecule has 0 aromatic carbocycles. The molecule has 0 spiro atoms. The van der Waals surface area contributed by atoms with Crippen LogP contribution in [0.5, 0.6) is 0 Å². The number of unbranched alkanes of at least 4 members (excludes halogenated alkanes) is 23. The summed E-state index contributed by atoms with van der Waals surface area (Å²) in [6, 6.07) is 0. The molecule has 0 aromatic rings. The largest absolute Gasteiger partial charge is 0.462 e. The van der Waals surface area contributed by atoms with E-state index in [0.29, 0.717) is 12.3 Å². The van der Waals surface area contributed by atoms with E-state index in [9.17, 15) is 4.79 Å². The third kappa shape index (κ3) is 29.0. The first-order chi connectivity index (χ1) is 16.2. The molecule has 0 aliphatic heterocycles. The van der Waals surface area contributed by atoms with Gasteiger partial charge >= 0.3 is 5.97 Å². The lowest BCUT2D eigenvalue weighted by atomic mass is 10.0. The smallest absolute Gasteiger partial charge is 0.332 e. The summed E-state index contributed by atoms with van der Waals surface area (Å²) in [5, 5.41) is 0. The summed E-state index contributed by atoms with van der Waals surface area (Å²) in [5.41, 5.74) is 5.95. The summed E-state index contributed by atoms with van der Waals surface area (Å²) in [7, 11) is 0. The Morgan fingerprint density at radius 1 is 0.545 bits per heavy atom. The second kappa shape index (κ2) is 27.3. The van der Waals surface area contributed by atoms with Crippen molar-refractivity contribution in [3.63, 3.8) is 0 Å². The van der Waals surface area contributed by atoms with Crippen LogP contribution in [0.3, 0.4) is 0 Å². The van der Waals surface area contributed by atoms with Gasteiger partial charge < -0.3 is 10.5 Å². The Hall–Kier alpha value is -0.990. The Morgan fingerprint density at radius 2 is 0.818 bits per heavy atom. The van der Waals surface area contributed by atoms with Crippen molar-refractivity contribution in [1.29, 1.82) is 0 Å². The number of ether oxygens (including phenoxy) is 1. The fraction of sp³-hybridized carbons (Fsp3) is 0.900. The van der Waals surface area contributed by atoms with E-state index >= 15 is 0 Å². The molecule has 0 fully saturated rings. The zero-order valence-electron chi connectivity index (χ0n) is 22.6. The van der Waals surface area contributed by atoms with Gasteiger partial charge in [-0.15, -0.1) is 0 Å². The third-order valence-corrected chi connectivity index (χ3v) is 6.59. The van der Waals surface area contributed by atoms with E-state index in [1.54, 1.807) is 6.92 Å². The van der Waals surface area contributed by atoms with Gasteiger partial charge in [0.1, 0.15) is 0 Å². The number of esters is 1. The van der Waals surface area contributed by atoms with Gasteiger partial charge in [0, 0.05) is 11.8 Å². The van der Waals surface area contributed by atoms with Gasteiger partial charge in [-0.05, 0) is 13.3 Å². The Morgan fingerprint density at radius 3 is 1.09 bits per heavy atom. The third-order valence-electron chi connectivity index (χ3n) is 6.59. The van der Waals surface area contributed by atoms with Crippen LogP contribution in [0.25, 0.3) is 0 Å². The van der Waals surface area contributed by atoms with Crippen molar-refractivity contribution in [2.45, 2.75) is 168 Å². The Bertz CT molecular complexity index is 429. The minimum Gasteiger partial charge on any atom is -0.462 e. The fourth-order valence-corrected chi connectivity index (χ4v) is 4.46. The lowest BCUT2D eigenvalue weighted by molar-refractivity contribution is -0.137. The molecule has 2 N–H and O–H groups in total. The van der Waals surface area contributed by atoms with Gasteiger partial charge in [0.2, 0.25) is 0 Å². The summed E-state index contributed by atoms with van der Waals surface area (Å²) in [4.78, 5) is 11.3. The maximum absolute atomic E-state index is 11.3. The van der Waals surface area contributed by atoms with Crippen LogP contribution in [0.4, 0.5) is 0 Å². The topological polar surface area (TPSA) is 52.3 Å². The second-order valence-electron chi connectivity index (χ2n) is 10.2. The first-order valence-electron chi connectivity index (χ1n) is 14.8. The van der Waals surface area contributed by atoms with Crippen molar-refractivity contribution >= 4 is 5.97 Å². The first kappa shape index (κ1) is 32.0. The number of carbonyl (C=O) groups is 1. The molecule has 0 aromatic heterocycles. The number of rotatable bonds is 26. The lowest BCUT2D eigenvalue weighted by Crippen LogP contribution is -2.05. The lowest BCUT2D eigenvalue weighted by Gasteiger charge is -2.04. The normalized spacial score (nSPS) is 11.8. The summed E-state index contributed by atoms with van der Waals surface area (Å²) in [6.45, 7) is 4.51. The molecule has 0 aliphatic carbocycles. The van der Waals surface area contributed by atoms with Gasteiger partial charge in [0.05, 0.1) is 6.61 Å². The van der Waals surface area contributed by atoms with Crippen molar-refractivity contribution in [1.82, 2.24) is 0 Å². The summed E-state index contributed by atoms with van der Waals surface area (Å²) in [5.74, 6) is -0.316. The van der Waals surface area contributed by atoms with Crippen molar-refractivity contribution in [2.75, 3.05) is 6.61 Å². The van der Waals surface area contributed by atoms with Crippen LogP contribution in [-0.2, 0) is 9.53 Å². The molecule has 196 valence electrons. The predicted molar refractivity (Wildman–Crippen MR) is 145 cm³/mol. The van der Waals surface area contributed by atoms with Crippen molar-refractivity contribution in [2.24, 2.45) is 5.73 Å². The van der Waals surface area contributed by atoms with Crippen LogP contribution in [0.15, 0.2) is 11.8 Å². The minimum absolute atomic E-state index is 0.316. The Kier molecular flexibility index (Phi) is 26.4. The summed E-state index contributed by atoms with van der Waals surface area (Å²) < 4.78 is 5.11. The molecular weight excluding hydrogens is 406 g/mol. The highest BCUT2D eigenvalue weighted by Crippen LogP contribution is 2.15. The molecule has 0 unspecified atom stereocenters. The van der Waals surface area contributed by atoms with Crippen LogP contribution >= 0.6 is 0 Å². The van der Waals surface area contributed by atoms with Gasteiger partial charge in [-0.25, -0.2) is 4.79 Å². The van der Waals surface area contributed by atoms with Crippen molar-refractivity contribution in [3.8, 4) is 0 Å². The maximum Gasteiger partial charge on any atom is 0.332 e. The van der Waals surface area contributed by atoms with Gasteiger partial charge in [0.25, 0.3) is 0 Å². The predicted octanol–water partition coefficient (Wildman–Crippen LogP) is 9.77. The van der Waals surface area contributed by atoms with Gasteiger partial charge in [0.15, 0.2) is 0 Å². The summed E-state index contributed by atoms with van der Waals surface area (Å²) in [6.07, 6.45) is 34.8. The van der Waals surface area contributed by atoms with E-state index in [4.69, 9.17) is 10.5 Å². The van der Waals surface area contributed by atoms with E-state index in [1.165, 1.54) is 147 Å². The number of hydrogen-bond donors (Lipinski definition) is 1. The zero-order chi connectivity index (χ0) is 24.2. The molecule has 0 aliphatic rings. The SMILES string of the molecule is CCCCCCCCCCCCCCCCCCCCCCCCCCOC(=O)/C=C(/C)N. The van der Waals surface area contributed by atoms with Gasteiger partial charge in [-0.2, -0.15) is 0 Å². The van der Waals surface area contributed by atoms with Crippen LogP contribution < -0.4 is 5.73 Å². The molecule has 33 heavy (non-hydrogen) atoms. The molecule has 0 saturated heterocycles. The average Bonchev–Trinajstić information content (AvgIpc) is 2.78. The van der Waals surface area contributed by atoms with Crippen LogP contribution in [0.1, 0.15) is 168 Å².